The van der Waals surface area contributed by atoms with Gasteiger partial charge in [-0.3, -0.25) is 9.59 Å². The van der Waals surface area contributed by atoms with E-state index in [1.807, 2.05) is 0 Å². The fourth-order valence-corrected chi connectivity index (χ4v) is 1.02. The number of carbonyl (C=O) groups excluding carboxylic acids is 2. The summed E-state index contributed by atoms with van der Waals surface area (Å²) in [6.45, 7) is 3.12. The van der Waals surface area contributed by atoms with E-state index in [-0.39, 0.29) is 5.97 Å². The first-order valence-electron chi connectivity index (χ1n) is 3.87. The number of benzene rings is 1. The van der Waals surface area contributed by atoms with E-state index in [9.17, 15) is 9.59 Å². The summed E-state index contributed by atoms with van der Waals surface area (Å²) >= 11 is 0. The van der Waals surface area contributed by atoms with Crippen molar-refractivity contribution in [2.24, 2.45) is 0 Å². The lowest BCUT2D eigenvalue weighted by atomic mass is 10.1. The van der Waals surface area contributed by atoms with Crippen LogP contribution in [0.1, 0.15) is 22.8 Å². The minimum atomic E-state index is -0.359. The minimum absolute atomic E-state index is 0.359. The van der Waals surface area contributed by atoms with Crippen LogP contribution in [0.15, 0.2) is 18.2 Å². The first-order valence-corrected chi connectivity index (χ1v) is 3.87. The number of aryl methyl sites for hydroxylation is 1. The second-order valence-corrected chi connectivity index (χ2v) is 2.74. The van der Waals surface area contributed by atoms with E-state index in [1.165, 1.54) is 6.92 Å². The lowest BCUT2D eigenvalue weighted by molar-refractivity contribution is -0.131. The van der Waals surface area contributed by atoms with Gasteiger partial charge in [-0.15, -0.1) is 0 Å². The first-order chi connectivity index (χ1) is 6.13. The van der Waals surface area contributed by atoms with E-state index in [2.05, 4.69) is 0 Å². The van der Waals surface area contributed by atoms with Crippen LogP contribution < -0.4 is 4.74 Å². The molecule has 0 aliphatic rings. The van der Waals surface area contributed by atoms with Crippen molar-refractivity contribution in [1.29, 1.82) is 0 Å². The Kier molecular flexibility index (Phi) is 2.80. The van der Waals surface area contributed by atoms with Gasteiger partial charge in [0, 0.05) is 12.5 Å². The third-order valence-corrected chi connectivity index (χ3v) is 1.59. The zero-order valence-corrected chi connectivity index (χ0v) is 7.53. The van der Waals surface area contributed by atoms with Gasteiger partial charge in [0.15, 0.2) is 0 Å². The number of carbonyl (C=O) groups is 2. The Bertz CT molecular complexity index is 342. The molecule has 0 radical (unpaired) electrons. The molecule has 0 aromatic heterocycles. The molecular formula is C10H10O3. The molecule has 1 aromatic carbocycles. The Morgan fingerprint density at radius 1 is 1.46 bits per heavy atom. The molecule has 0 saturated heterocycles. The number of hydrogen-bond acceptors (Lipinski definition) is 3. The fourth-order valence-electron chi connectivity index (χ4n) is 1.02. The fraction of sp³-hybridized carbons (Fsp3) is 0.200. The van der Waals surface area contributed by atoms with Crippen LogP contribution in [-0.2, 0) is 4.79 Å². The van der Waals surface area contributed by atoms with Gasteiger partial charge in [0.2, 0.25) is 0 Å². The van der Waals surface area contributed by atoms with Gasteiger partial charge in [-0.1, -0.05) is 0 Å². The highest BCUT2D eigenvalue weighted by molar-refractivity contribution is 5.76. The normalized spacial score (nSPS) is 9.38. The van der Waals surface area contributed by atoms with Crippen molar-refractivity contribution in [2.75, 3.05) is 0 Å². The van der Waals surface area contributed by atoms with Crippen LogP contribution >= 0.6 is 0 Å². The van der Waals surface area contributed by atoms with Gasteiger partial charge in [-0.05, 0) is 30.7 Å². The summed E-state index contributed by atoms with van der Waals surface area (Å²) in [6, 6.07) is 4.89. The van der Waals surface area contributed by atoms with Crippen LogP contribution in [0.2, 0.25) is 0 Å². The molecule has 0 bridgehead atoms. The third kappa shape index (κ3) is 2.40. The van der Waals surface area contributed by atoms with E-state index in [4.69, 9.17) is 4.74 Å². The Balaban J connectivity index is 2.98. The highest BCUT2D eigenvalue weighted by atomic mass is 16.5. The summed E-state index contributed by atoms with van der Waals surface area (Å²) in [4.78, 5) is 21.0. The molecule has 0 aliphatic carbocycles. The molecule has 0 atom stereocenters. The van der Waals surface area contributed by atoms with Crippen molar-refractivity contribution in [2.45, 2.75) is 13.8 Å². The standard InChI is InChI=1S/C10H10O3/c1-7-5-9(6-11)3-4-10(7)13-8(2)12/h3-6H,1-2H3. The second kappa shape index (κ2) is 3.85. The molecule has 0 fully saturated rings. The molecule has 3 heteroatoms. The molecule has 1 rings (SSSR count). The molecule has 0 heterocycles. The molecule has 3 nitrogen and oxygen atoms in total. The summed E-state index contributed by atoms with van der Waals surface area (Å²) in [7, 11) is 0. The maximum atomic E-state index is 10.6. The maximum Gasteiger partial charge on any atom is 0.308 e. The number of rotatable bonds is 2. The van der Waals surface area contributed by atoms with Gasteiger partial charge in [0.25, 0.3) is 0 Å². The Morgan fingerprint density at radius 2 is 2.15 bits per heavy atom. The zero-order chi connectivity index (χ0) is 9.84. The van der Waals surface area contributed by atoms with E-state index >= 15 is 0 Å². The topological polar surface area (TPSA) is 43.4 Å². The van der Waals surface area contributed by atoms with Crippen molar-refractivity contribution >= 4 is 12.3 Å². The SMILES string of the molecule is CC(=O)Oc1ccc(C=O)cc1C. The quantitative estimate of drug-likeness (QED) is 0.393. The molecule has 1 aromatic rings. The number of ether oxygens (including phenoxy) is 1. The Labute approximate surface area is 76.3 Å². The number of aldehydes is 1. The van der Waals surface area contributed by atoms with Crippen LogP contribution in [0.3, 0.4) is 0 Å². The van der Waals surface area contributed by atoms with Crippen molar-refractivity contribution in [1.82, 2.24) is 0 Å². The lowest BCUT2D eigenvalue weighted by Gasteiger charge is -2.04. The second-order valence-electron chi connectivity index (χ2n) is 2.74. The predicted molar refractivity (Wildman–Crippen MR) is 47.9 cm³/mol. The molecule has 0 spiro atoms. The molecular weight excluding hydrogens is 168 g/mol. The van der Waals surface area contributed by atoms with E-state index < -0.39 is 0 Å². The predicted octanol–water partition coefficient (Wildman–Crippen LogP) is 1.73. The summed E-state index contributed by atoms with van der Waals surface area (Å²) in [6.07, 6.45) is 0.755. The summed E-state index contributed by atoms with van der Waals surface area (Å²) in [5.41, 5.74) is 1.35. The lowest BCUT2D eigenvalue weighted by Crippen LogP contribution is -2.02. The van der Waals surface area contributed by atoms with Gasteiger partial charge in [0.1, 0.15) is 12.0 Å². The van der Waals surface area contributed by atoms with Crippen molar-refractivity contribution < 1.29 is 14.3 Å². The molecule has 0 aliphatic heterocycles. The summed E-state index contributed by atoms with van der Waals surface area (Å²) in [5.74, 6) is 0.139. The van der Waals surface area contributed by atoms with Crippen LogP contribution in [0, 0.1) is 6.92 Å². The average Bonchev–Trinajstić information content (AvgIpc) is 2.08. The largest absolute Gasteiger partial charge is 0.426 e. The number of hydrogen-bond donors (Lipinski definition) is 0. The van der Waals surface area contributed by atoms with Crippen LogP contribution in [0.5, 0.6) is 5.75 Å². The van der Waals surface area contributed by atoms with Gasteiger partial charge < -0.3 is 4.74 Å². The van der Waals surface area contributed by atoms with Crippen molar-refractivity contribution in [3.63, 3.8) is 0 Å². The maximum absolute atomic E-state index is 10.6. The van der Waals surface area contributed by atoms with E-state index in [1.54, 1.807) is 25.1 Å². The van der Waals surface area contributed by atoms with Crippen molar-refractivity contribution in [3.8, 4) is 5.75 Å². The Hall–Kier alpha value is -1.64. The van der Waals surface area contributed by atoms with Gasteiger partial charge >= 0.3 is 5.97 Å². The van der Waals surface area contributed by atoms with Crippen LogP contribution in [0.4, 0.5) is 0 Å². The summed E-state index contributed by atoms with van der Waals surface area (Å²) in [5, 5.41) is 0. The van der Waals surface area contributed by atoms with E-state index in [0.717, 1.165) is 11.8 Å². The van der Waals surface area contributed by atoms with Gasteiger partial charge in [-0.25, -0.2) is 0 Å². The molecule has 0 saturated carbocycles. The average molecular weight is 178 g/mol. The van der Waals surface area contributed by atoms with Crippen LogP contribution in [0.25, 0.3) is 0 Å². The highest BCUT2D eigenvalue weighted by Crippen LogP contribution is 2.18. The van der Waals surface area contributed by atoms with Gasteiger partial charge in [-0.2, -0.15) is 0 Å². The third-order valence-electron chi connectivity index (χ3n) is 1.59. The molecule has 0 amide bonds. The minimum Gasteiger partial charge on any atom is -0.426 e. The molecule has 68 valence electrons. The molecule has 0 N–H and O–H groups in total. The van der Waals surface area contributed by atoms with E-state index in [0.29, 0.717) is 11.3 Å². The summed E-state index contributed by atoms with van der Waals surface area (Å²) < 4.78 is 4.89. The van der Waals surface area contributed by atoms with Crippen LogP contribution in [-0.4, -0.2) is 12.3 Å². The zero-order valence-electron chi connectivity index (χ0n) is 7.53. The monoisotopic (exact) mass is 178 g/mol. The smallest absolute Gasteiger partial charge is 0.308 e. The van der Waals surface area contributed by atoms with Gasteiger partial charge in [0.05, 0.1) is 0 Å². The van der Waals surface area contributed by atoms with Crippen molar-refractivity contribution in [3.05, 3.63) is 29.3 Å². The number of esters is 1. The Morgan fingerprint density at radius 3 is 2.62 bits per heavy atom. The first kappa shape index (κ1) is 9.45. The molecule has 0 unspecified atom stereocenters. The highest BCUT2D eigenvalue weighted by Gasteiger charge is 2.02. The molecule has 13 heavy (non-hydrogen) atoms.